The van der Waals surface area contributed by atoms with Crippen molar-refractivity contribution >= 4 is 5.97 Å². The lowest BCUT2D eigenvalue weighted by Gasteiger charge is -2.19. The first-order valence-corrected chi connectivity index (χ1v) is 7.45. The predicted octanol–water partition coefficient (Wildman–Crippen LogP) is 0.358. The summed E-state index contributed by atoms with van der Waals surface area (Å²) in [6.45, 7) is 4.10. The van der Waals surface area contributed by atoms with Crippen LogP contribution >= 0.6 is 0 Å². The fourth-order valence-corrected chi connectivity index (χ4v) is 2.75. The second-order valence-corrected chi connectivity index (χ2v) is 5.63. The molecular formula is C15H25N3O3. The van der Waals surface area contributed by atoms with E-state index in [4.69, 9.17) is 4.74 Å². The summed E-state index contributed by atoms with van der Waals surface area (Å²) >= 11 is 0. The van der Waals surface area contributed by atoms with Gasteiger partial charge in [-0.2, -0.15) is 0 Å². The highest BCUT2D eigenvalue weighted by Gasteiger charge is 2.16. The summed E-state index contributed by atoms with van der Waals surface area (Å²) in [7, 11) is 3.19. The number of nitrogens with zero attached hydrogens (tertiary/aromatic N) is 2. The van der Waals surface area contributed by atoms with Crippen LogP contribution in [-0.4, -0.2) is 59.9 Å². The van der Waals surface area contributed by atoms with Crippen LogP contribution in [0.1, 0.15) is 28.9 Å². The highest BCUT2D eigenvalue weighted by atomic mass is 16.5. The molecule has 0 saturated carbocycles. The van der Waals surface area contributed by atoms with E-state index in [2.05, 4.69) is 10.2 Å². The Kier molecular flexibility index (Phi) is 5.78. The van der Waals surface area contributed by atoms with E-state index in [0.717, 1.165) is 25.2 Å². The number of ether oxygens (including phenoxy) is 1. The summed E-state index contributed by atoms with van der Waals surface area (Å²) in [6.07, 6.45) is 4.01. The summed E-state index contributed by atoms with van der Waals surface area (Å²) in [5, 5.41) is 13.2. The van der Waals surface area contributed by atoms with Gasteiger partial charge in [0.05, 0.1) is 13.2 Å². The number of aliphatic hydroxyl groups excluding tert-OH is 1. The maximum Gasteiger partial charge on any atom is 0.354 e. The van der Waals surface area contributed by atoms with Crippen molar-refractivity contribution < 1.29 is 14.6 Å². The molecule has 1 saturated heterocycles. The number of methoxy groups -OCH3 is 1. The van der Waals surface area contributed by atoms with Crippen molar-refractivity contribution in [1.82, 2.24) is 14.8 Å². The highest BCUT2D eigenvalue weighted by Crippen LogP contribution is 2.09. The molecule has 0 aromatic carbocycles. The average molecular weight is 295 g/mol. The molecule has 1 fully saturated rings. The molecule has 6 nitrogen and oxygen atoms in total. The molecular weight excluding hydrogens is 270 g/mol. The van der Waals surface area contributed by atoms with Crippen molar-refractivity contribution in [2.75, 3.05) is 33.3 Å². The molecule has 1 aromatic rings. The molecule has 0 aliphatic carbocycles. The number of rotatable bonds is 7. The molecule has 6 heteroatoms. The van der Waals surface area contributed by atoms with Crippen LogP contribution in [0.4, 0.5) is 0 Å². The number of carbonyl (C=O) groups is 1. The van der Waals surface area contributed by atoms with Crippen LogP contribution in [0.3, 0.4) is 0 Å². The molecule has 0 bridgehead atoms. The molecule has 21 heavy (non-hydrogen) atoms. The van der Waals surface area contributed by atoms with Crippen LogP contribution in [0.2, 0.25) is 0 Å². The number of carbonyl (C=O) groups excluding carboxylic acids is 1. The van der Waals surface area contributed by atoms with E-state index in [1.54, 1.807) is 4.57 Å². The predicted molar refractivity (Wildman–Crippen MR) is 80.1 cm³/mol. The standard InChI is InChI=1S/C15H25N3O3/c1-17-10-12(7-14(17)15(20)21-2)8-16-9-13(19)11-18-5-3-4-6-18/h7,10,13,16,19H,3-6,8-9,11H2,1-2H3. The minimum Gasteiger partial charge on any atom is -0.464 e. The zero-order valence-corrected chi connectivity index (χ0v) is 12.8. The first-order chi connectivity index (χ1) is 10.1. The quantitative estimate of drug-likeness (QED) is 0.711. The van der Waals surface area contributed by atoms with E-state index in [0.29, 0.717) is 18.8 Å². The molecule has 2 N–H and O–H groups in total. The Bertz CT molecular complexity index is 467. The van der Waals surface area contributed by atoms with Crippen molar-refractivity contribution in [1.29, 1.82) is 0 Å². The van der Waals surface area contributed by atoms with Crippen LogP contribution < -0.4 is 5.32 Å². The van der Waals surface area contributed by atoms with Crippen molar-refractivity contribution in [2.24, 2.45) is 7.05 Å². The van der Waals surface area contributed by atoms with Gasteiger partial charge in [0.15, 0.2) is 0 Å². The second-order valence-electron chi connectivity index (χ2n) is 5.63. The van der Waals surface area contributed by atoms with Crippen LogP contribution in [0, 0.1) is 0 Å². The van der Waals surface area contributed by atoms with Gasteiger partial charge >= 0.3 is 5.97 Å². The van der Waals surface area contributed by atoms with Gasteiger partial charge in [-0.05, 0) is 37.6 Å². The Morgan fingerprint density at radius 3 is 2.86 bits per heavy atom. The second kappa shape index (κ2) is 7.59. The van der Waals surface area contributed by atoms with Gasteiger partial charge in [0.2, 0.25) is 0 Å². The van der Waals surface area contributed by atoms with Crippen LogP contribution in [-0.2, 0) is 18.3 Å². The fourth-order valence-electron chi connectivity index (χ4n) is 2.75. The third-order valence-corrected chi connectivity index (χ3v) is 3.83. The van der Waals surface area contributed by atoms with E-state index < -0.39 is 0 Å². The largest absolute Gasteiger partial charge is 0.464 e. The molecule has 2 rings (SSSR count). The third-order valence-electron chi connectivity index (χ3n) is 3.83. The Balaban J connectivity index is 1.74. The summed E-state index contributed by atoms with van der Waals surface area (Å²) in [6, 6.07) is 1.81. The molecule has 1 aliphatic rings. The maximum atomic E-state index is 11.5. The number of aliphatic hydroxyl groups is 1. The minimum atomic E-state index is -0.355. The summed E-state index contributed by atoms with van der Waals surface area (Å²) in [5.74, 6) is -0.335. The highest BCUT2D eigenvalue weighted by molar-refractivity contribution is 5.87. The fraction of sp³-hybridized carbons (Fsp3) is 0.667. The van der Waals surface area contributed by atoms with Crippen molar-refractivity contribution in [2.45, 2.75) is 25.5 Å². The van der Waals surface area contributed by atoms with Gasteiger partial charge in [0, 0.05) is 32.9 Å². The van der Waals surface area contributed by atoms with Crippen LogP contribution in [0.5, 0.6) is 0 Å². The van der Waals surface area contributed by atoms with Gasteiger partial charge in [-0.25, -0.2) is 4.79 Å². The summed E-state index contributed by atoms with van der Waals surface area (Å²) < 4.78 is 6.48. The molecule has 1 unspecified atom stereocenters. The van der Waals surface area contributed by atoms with E-state index in [1.807, 2.05) is 19.3 Å². The number of aromatic nitrogens is 1. The smallest absolute Gasteiger partial charge is 0.354 e. The molecule has 0 radical (unpaired) electrons. The van der Waals surface area contributed by atoms with Gasteiger partial charge in [0.25, 0.3) is 0 Å². The number of hydrogen-bond donors (Lipinski definition) is 2. The molecule has 1 atom stereocenters. The van der Waals surface area contributed by atoms with E-state index in [9.17, 15) is 9.90 Å². The Morgan fingerprint density at radius 2 is 2.19 bits per heavy atom. The lowest BCUT2D eigenvalue weighted by atomic mass is 10.3. The lowest BCUT2D eigenvalue weighted by molar-refractivity contribution is 0.0590. The van der Waals surface area contributed by atoms with E-state index in [-0.39, 0.29) is 12.1 Å². The lowest BCUT2D eigenvalue weighted by Crippen LogP contribution is -2.36. The Labute approximate surface area is 125 Å². The molecule has 118 valence electrons. The monoisotopic (exact) mass is 295 g/mol. The number of aryl methyl sites for hydroxylation is 1. The van der Waals surface area contributed by atoms with E-state index >= 15 is 0 Å². The van der Waals surface area contributed by atoms with Gasteiger partial charge in [-0.15, -0.1) is 0 Å². The average Bonchev–Trinajstić information content (AvgIpc) is 3.08. The van der Waals surface area contributed by atoms with E-state index in [1.165, 1.54) is 20.0 Å². The Hall–Kier alpha value is -1.37. The van der Waals surface area contributed by atoms with Crippen LogP contribution in [0.25, 0.3) is 0 Å². The van der Waals surface area contributed by atoms with Crippen molar-refractivity contribution in [3.8, 4) is 0 Å². The molecule has 0 spiro atoms. The summed E-state index contributed by atoms with van der Waals surface area (Å²) in [4.78, 5) is 13.8. The molecule has 1 aliphatic heterocycles. The van der Waals surface area contributed by atoms with Gasteiger partial charge in [-0.1, -0.05) is 0 Å². The SMILES string of the molecule is COC(=O)c1cc(CNCC(O)CN2CCCC2)cn1C. The van der Waals surface area contributed by atoms with Crippen LogP contribution in [0.15, 0.2) is 12.3 Å². The third kappa shape index (κ3) is 4.56. The molecule has 1 aromatic heterocycles. The number of likely N-dealkylation sites (tertiary alicyclic amines) is 1. The topological polar surface area (TPSA) is 66.7 Å². The molecule has 0 amide bonds. The van der Waals surface area contributed by atoms with Gasteiger partial charge in [-0.3, -0.25) is 0 Å². The normalized spacial score (nSPS) is 17.1. The zero-order valence-electron chi connectivity index (χ0n) is 12.8. The first-order valence-electron chi connectivity index (χ1n) is 7.45. The number of hydrogen-bond acceptors (Lipinski definition) is 5. The number of esters is 1. The number of β-amino-alcohol motifs (C(OH)–C–C–N with tert-alkyl or cyclic N) is 1. The summed E-state index contributed by atoms with van der Waals surface area (Å²) in [5.41, 5.74) is 1.54. The van der Waals surface area contributed by atoms with Gasteiger partial charge in [0.1, 0.15) is 5.69 Å². The number of nitrogens with one attached hydrogen (secondary N) is 1. The Morgan fingerprint density at radius 1 is 1.48 bits per heavy atom. The zero-order chi connectivity index (χ0) is 15.2. The maximum absolute atomic E-state index is 11.5. The molecule has 2 heterocycles. The minimum absolute atomic E-state index is 0.335. The van der Waals surface area contributed by atoms with Crippen molar-refractivity contribution in [3.05, 3.63) is 23.5 Å². The first kappa shape index (κ1) is 16.0. The van der Waals surface area contributed by atoms with Gasteiger partial charge < -0.3 is 24.6 Å². The van der Waals surface area contributed by atoms with Crippen molar-refractivity contribution in [3.63, 3.8) is 0 Å².